The summed E-state index contributed by atoms with van der Waals surface area (Å²) in [6, 6.07) is 20.8. The monoisotopic (exact) mass is 682 g/mol. The van der Waals surface area contributed by atoms with Crippen molar-refractivity contribution in [2.24, 2.45) is 0 Å². The Bertz CT molecular complexity index is 1760. The molecule has 3 heterocycles. The van der Waals surface area contributed by atoms with Gasteiger partial charge in [0.05, 0.1) is 5.56 Å². The highest BCUT2D eigenvalue weighted by atomic mass is 32.1. The van der Waals surface area contributed by atoms with Crippen LogP contribution in [0.1, 0.15) is 56.0 Å². The fraction of sp³-hybridized carbons (Fsp3) is 0.371. The van der Waals surface area contributed by atoms with Crippen LogP contribution >= 0.6 is 0 Å². The Morgan fingerprint density at radius 1 is 0.833 bits per heavy atom. The molecule has 48 heavy (non-hydrogen) atoms. The van der Waals surface area contributed by atoms with Gasteiger partial charge in [0.1, 0.15) is 5.58 Å². The van der Waals surface area contributed by atoms with Crippen LogP contribution in [0.25, 0.3) is 11.0 Å². The number of nitrogens with one attached hydrogen (secondary N) is 1. The van der Waals surface area contributed by atoms with Gasteiger partial charge in [-0.1, -0.05) is 48.0 Å². The summed E-state index contributed by atoms with van der Waals surface area (Å²) in [5.41, 5.74) is 3.59. The molecule has 0 bridgehead atoms. The molecule has 3 aromatic carbocycles. The Kier molecular flexibility index (Phi) is 11.5. The van der Waals surface area contributed by atoms with Crippen LogP contribution < -0.4 is 5.32 Å². The largest absolute Gasteiger partial charge is 0.451 e. The maximum absolute atomic E-state index is 13.3. The van der Waals surface area contributed by atoms with E-state index in [0.29, 0.717) is 67.7 Å². The number of furan rings is 1. The fourth-order valence-corrected chi connectivity index (χ4v) is 6.13. The lowest BCUT2D eigenvalue weighted by molar-refractivity contribution is -0.137. The van der Waals surface area contributed by atoms with E-state index in [9.17, 15) is 22.8 Å². The van der Waals surface area contributed by atoms with Gasteiger partial charge in [-0.25, -0.2) is 0 Å². The average molecular weight is 683 g/mol. The van der Waals surface area contributed by atoms with Gasteiger partial charge in [0.15, 0.2) is 5.76 Å². The van der Waals surface area contributed by atoms with Gasteiger partial charge in [-0.15, -0.1) is 0 Å². The number of amides is 2. The second kappa shape index (κ2) is 15.7. The standard InChI is InChI=1S/C35H37F3N4O3.O2S/c1-24-5-7-25(8-6-24)22-41-15-17-42(18-16-41)34(44)27-9-10-31-28(20-27)21-32(45-31)33(43)39-30-11-13-40(14-12-30)23-26-3-2-4-29(19-26)35(36,37)38;1-3-2/h2-10,19-21,30H,11-18,22-23H2,1H3,(H,39,43);. The Morgan fingerprint density at radius 3 is 2.15 bits per heavy atom. The highest BCUT2D eigenvalue weighted by Crippen LogP contribution is 2.30. The Balaban J connectivity index is 0.00000145. The molecule has 2 aliphatic rings. The molecule has 2 fully saturated rings. The SMILES string of the molecule is Cc1ccc(CN2CCN(C(=O)c3ccc4oc(C(=O)NC5CCN(Cc6cccc(C(F)(F)F)c6)CC5)cc4c3)CC2)cc1.O=S=O. The van der Waals surface area contributed by atoms with Crippen molar-refractivity contribution in [3.8, 4) is 0 Å². The number of hydrogen-bond acceptors (Lipinski definition) is 7. The number of alkyl halides is 3. The molecule has 0 atom stereocenters. The molecule has 9 nitrogen and oxygen atoms in total. The predicted molar refractivity (Wildman–Crippen MR) is 175 cm³/mol. The zero-order valence-electron chi connectivity index (χ0n) is 26.5. The van der Waals surface area contributed by atoms with E-state index in [1.807, 2.05) is 4.90 Å². The maximum Gasteiger partial charge on any atom is 0.416 e. The first kappa shape index (κ1) is 35.0. The van der Waals surface area contributed by atoms with Gasteiger partial charge >= 0.3 is 17.7 Å². The zero-order valence-corrected chi connectivity index (χ0v) is 27.3. The third-order valence-electron chi connectivity index (χ3n) is 8.76. The van der Waals surface area contributed by atoms with Crippen LogP contribution in [0.5, 0.6) is 0 Å². The van der Waals surface area contributed by atoms with E-state index in [0.717, 1.165) is 25.7 Å². The van der Waals surface area contributed by atoms with Gasteiger partial charge in [-0.05, 0) is 61.2 Å². The fourth-order valence-electron chi connectivity index (χ4n) is 6.13. The highest BCUT2D eigenvalue weighted by molar-refractivity contribution is 7.51. The van der Waals surface area contributed by atoms with Gasteiger partial charge in [-0.3, -0.25) is 19.4 Å². The molecule has 13 heteroatoms. The minimum atomic E-state index is -4.36. The van der Waals surface area contributed by atoms with Crippen molar-refractivity contribution in [3.63, 3.8) is 0 Å². The van der Waals surface area contributed by atoms with Crippen molar-refractivity contribution in [3.05, 3.63) is 106 Å². The van der Waals surface area contributed by atoms with Crippen LogP contribution in [0, 0.1) is 6.92 Å². The molecule has 254 valence electrons. The molecule has 0 spiro atoms. The minimum absolute atomic E-state index is 0.0315. The second-order valence-corrected chi connectivity index (χ2v) is 12.3. The molecule has 2 amide bonds. The number of carbonyl (C=O) groups is 2. The molecular formula is C35H37F3N4O5S. The Hall–Kier alpha value is -4.33. The molecule has 0 unspecified atom stereocenters. The van der Waals surface area contributed by atoms with Gasteiger partial charge < -0.3 is 14.6 Å². The molecule has 1 N–H and O–H groups in total. The molecule has 0 saturated carbocycles. The molecule has 2 saturated heterocycles. The maximum atomic E-state index is 13.3. The molecule has 0 radical (unpaired) electrons. The summed E-state index contributed by atoms with van der Waals surface area (Å²) in [6.07, 6.45) is -3.00. The number of rotatable bonds is 7. The summed E-state index contributed by atoms with van der Waals surface area (Å²) in [7, 11) is 0. The third-order valence-corrected chi connectivity index (χ3v) is 8.76. The van der Waals surface area contributed by atoms with E-state index in [1.54, 1.807) is 30.3 Å². The zero-order chi connectivity index (χ0) is 34.3. The second-order valence-electron chi connectivity index (χ2n) is 12.2. The van der Waals surface area contributed by atoms with Gasteiger partial charge in [0, 0.05) is 69.3 Å². The number of nitrogens with zero attached hydrogens (tertiary/aromatic N) is 3. The lowest BCUT2D eigenvalue weighted by Gasteiger charge is -2.34. The molecule has 4 aromatic rings. The first-order chi connectivity index (χ1) is 23.0. The number of benzene rings is 3. The number of hydrogen-bond donors (Lipinski definition) is 1. The van der Waals surface area contributed by atoms with Gasteiger partial charge in [-0.2, -0.15) is 21.6 Å². The average Bonchev–Trinajstić information content (AvgIpc) is 3.51. The lowest BCUT2D eigenvalue weighted by Crippen LogP contribution is -2.48. The van der Waals surface area contributed by atoms with Crippen LogP contribution in [0.2, 0.25) is 0 Å². The Labute approximate surface area is 280 Å². The summed E-state index contributed by atoms with van der Waals surface area (Å²) >= 11 is -0.750. The topological polar surface area (TPSA) is 103 Å². The van der Waals surface area contributed by atoms with E-state index in [-0.39, 0.29) is 23.6 Å². The summed E-state index contributed by atoms with van der Waals surface area (Å²) in [5.74, 6) is -0.165. The van der Waals surface area contributed by atoms with Crippen LogP contribution in [0.3, 0.4) is 0 Å². The van der Waals surface area contributed by atoms with Crippen molar-refractivity contribution in [2.45, 2.75) is 45.1 Å². The number of piperazine rings is 1. The van der Waals surface area contributed by atoms with E-state index in [1.165, 1.54) is 23.3 Å². The number of aryl methyl sites for hydroxylation is 1. The number of fused-ring (bicyclic) bond motifs is 1. The number of likely N-dealkylation sites (tertiary alicyclic amines) is 1. The Morgan fingerprint density at radius 2 is 1.48 bits per heavy atom. The molecule has 6 rings (SSSR count). The molecule has 0 aliphatic carbocycles. The molecule has 1 aromatic heterocycles. The van der Waals surface area contributed by atoms with E-state index in [4.69, 9.17) is 12.8 Å². The van der Waals surface area contributed by atoms with Crippen LogP contribution in [0.15, 0.2) is 77.2 Å². The van der Waals surface area contributed by atoms with E-state index in [2.05, 4.69) is 46.3 Å². The minimum Gasteiger partial charge on any atom is -0.451 e. The van der Waals surface area contributed by atoms with Crippen molar-refractivity contribution < 1.29 is 35.6 Å². The summed E-state index contributed by atoms with van der Waals surface area (Å²) in [5, 5.41) is 3.73. The number of carbonyl (C=O) groups excluding carboxylic acids is 2. The highest BCUT2D eigenvalue weighted by Gasteiger charge is 2.31. The summed E-state index contributed by atoms with van der Waals surface area (Å²) in [6.45, 7) is 7.62. The van der Waals surface area contributed by atoms with Crippen molar-refractivity contribution in [1.82, 2.24) is 20.0 Å². The van der Waals surface area contributed by atoms with E-state index < -0.39 is 23.3 Å². The van der Waals surface area contributed by atoms with Crippen LogP contribution in [0.4, 0.5) is 13.2 Å². The third kappa shape index (κ3) is 9.18. The van der Waals surface area contributed by atoms with Crippen molar-refractivity contribution >= 4 is 34.4 Å². The summed E-state index contributed by atoms with van der Waals surface area (Å²) in [4.78, 5) is 32.7. The van der Waals surface area contributed by atoms with Crippen LogP contribution in [-0.4, -0.2) is 80.2 Å². The number of piperidine rings is 1. The predicted octanol–water partition coefficient (Wildman–Crippen LogP) is 5.44. The van der Waals surface area contributed by atoms with Gasteiger partial charge in [0.2, 0.25) is 0 Å². The molecule has 2 aliphatic heterocycles. The summed E-state index contributed by atoms with van der Waals surface area (Å²) < 4.78 is 61.6. The smallest absolute Gasteiger partial charge is 0.416 e. The number of halogens is 3. The quantitative estimate of drug-likeness (QED) is 0.277. The van der Waals surface area contributed by atoms with E-state index >= 15 is 0 Å². The first-order valence-electron chi connectivity index (χ1n) is 15.7. The van der Waals surface area contributed by atoms with Gasteiger partial charge in [0.25, 0.3) is 11.8 Å². The lowest BCUT2D eigenvalue weighted by atomic mass is 10.0. The normalized spacial score (nSPS) is 16.3. The first-order valence-corrected chi connectivity index (χ1v) is 16.4. The molecular weight excluding hydrogens is 645 g/mol. The van der Waals surface area contributed by atoms with Crippen molar-refractivity contribution in [2.75, 3.05) is 39.3 Å². The van der Waals surface area contributed by atoms with Crippen LogP contribution in [-0.2, 0) is 30.8 Å². The van der Waals surface area contributed by atoms with Crippen molar-refractivity contribution in [1.29, 1.82) is 0 Å².